The first-order chi connectivity index (χ1) is 7.08. The highest BCUT2D eigenvalue weighted by Gasteiger charge is 2.28. The van der Waals surface area contributed by atoms with Gasteiger partial charge in [-0.1, -0.05) is 20.8 Å². The lowest BCUT2D eigenvalue weighted by Gasteiger charge is -2.20. The van der Waals surface area contributed by atoms with Crippen molar-refractivity contribution in [1.82, 2.24) is 5.32 Å². The highest BCUT2D eigenvalue weighted by Crippen LogP contribution is 2.15. The van der Waals surface area contributed by atoms with Crippen molar-refractivity contribution in [3.05, 3.63) is 0 Å². The topological polar surface area (TPSA) is 46.2 Å². The lowest BCUT2D eigenvalue weighted by molar-refractivity contribution is 0.397. The van der Waals surface area contributed by atoms with Gasteiger partial charge >= 0.3 is 0 Å². The smallest absolute Gasteiger partial charge is 0.156 e. The maximum atomic E-state index is 11.8. The van der Waals surface area contributed by atoms with Crippen LogP contribution in [0.4, 0.5) is 0 Å². The molecule has 98 valence electrons. The Bertz CT molecular complexity index is 289. The fraction of sp³-hybridized carbons (Fsp3) is 1.00. The summed E-state index contributed by atoms with van der Waals surface area (Å²) in [6.07, 6.45) is 0. The summed E-state index contributed by atoms with van der Waals surface area (Å²) in [4.78, 5) is 0. The number of hydrogen-bond acceptors (Lipinski definition) is 3. The van der Waals surface area contributed by atoms with Crippen LogP contribution in [0.5, 0.6) is 0 Å². The minimum Gasteiger partial charge on any atom is -0.315 e. The van der Waals surface area contributed by atoms with E-state index in [1.807, 2.05) is 0 Å². The predicted octanol–water partition coefficient (Wildman–Crippen LogP) is 2.08. The Morgan fingerprint density at radius 3 is 2.00 bits per heavy atom. The van der Waals surface area contributed by atoms with Gasteiger partial charge in [-0.3, -0.25) is 0 Å². The molecule has 4 heteroatoms. The largest absolute Gasteiger partial charge is 0.315 e. The van der Waals surface area contributed by atoms with Crippen molar-refractivity contribution < 1.29 is 8.42 Å². The third kappa shape index (κ3) is 5.30. The predicted molar refractivity (Wildman–Crippen MR) is 70.4 cm³/mol. The van der Waals surface area contributed by atoms with Crippen molar-refractivity contribution in [2.45, 2.75) is 46.3 Å². The molecule has 0 aliphatic heterocycles. The third-order valence-corrected chi connectivity index (χ3v) is 5.69. The summed E-state index contributed by atoms with van der Waals surface area (Å²) >= 11 is 0. The first-order valence-corrected chi connectivity index (χ1v) is 7.66. The molecule has 0 heterocycles. The lowest BCUT2D eigenvalue weighted by Crippen LogP contribution is -2.36. The van der Waals surface area contributed by atoms with Crippen LogP contribution in [-0.2, 0) is 9.84 Å². The van der Waals surface area contributed by atoms with Crippen molar-refractivity contribution in [1.29, 1.82) is 0 Å². The van der Waals surface area contributed by atoms with Crippen molar-refractivity contribution in [2.75, 3.05) is 18.8 Å². The molecule has 16 heavy (non-hydrogen) atoms. The fourth-order valence-electron chi connectivity index (χ4n) is 1.08. The van der Waals surface area contributed by atoms with E-state index >= 15 is 0 Å². The van der Waals surface area contributed by atoms with Crippen LogP contribution in [0.2, 0.25) is 0 Å². The molecule has 0 aromatic rings. The second-order valence-corrected chi connectivity index (χ2v) is 8.72. The van der Waals surface area contributed by atoms with Crippen molar-refractivity contribution in [3.8, 4) is 0 Å². The van der Waals surface area contributed by atoms with Crippen molar-refractivity contribution in [3.63, 3.8) is 0 Å². The van der Waals surface area contributed by atoms with E-state index in [0.29, 0.717) is 18.4 Å². The molecule has 3 nitrogen and oxygen atoms in total. The van der Waals surface area contributed by atoms with E-state index in [0.717, 1.165) is 6.54 Å². The van der Waals surface area contributed by atoms with Gasteiger partial charge in [0.1, 0.15) is 0 Å². The SMILES string of the molecule is CC(C)C(C)CNCCS(=O)(=O)C(C)(C)C. The summed E-state index contributed by atoms with van der Waals surface area (Å²) in [7, 11) is -2.98. The monoisotopic (exact) mass is 249 g/mol. The van der Waals surface area contributed by atoms with Gasteiger partial charge in [-0.25, -0.2) is 8.42 Å². The van der Waals surface area contributed by atoms with Gasteiger partial charge in [0, 0.05) is 6.54 Å². The molecule has 0 radical (unpaired) electrons. The summed E-state index contributed by atoms with van der Waals surface area (Å²) < 4.78 is 22.9. The molecule has 0 amide bonds. The van der Waals surface area contributed by atoms with Crippen LogP contribution in [0.15, 0.2) is 0 Å². The molecule has 0 aliphatic rings. The molecular weight excluding hydrogens is 222 g/mol. The van der Waals surface area contributed by atoms with E-state index in [4.69, 9.17) is 0 Å². The average Bonchev–Trinajstić information content (AvgIpc) is 2.09. The van der Waals surface area contributed by atoms with Crippen LogP contribution in [0.3, 0.4) is 0 Å². The molecule has 0 aliphatic carbocycles. The molecular formula is C12H27NO2S. The summed E-state index contributed by atoms with van der Waals surface area (Å²) in [6.45, 7) is 13.2. The zero-order chi connectivity index (χ0) is 13.0. The van der Waals surface area contributed by atoms with E-state index in [-0.39, 0.29) is 5.75 Å². The number of sulfone groups is 1. The summed E-state index contributed by atoms with van der Waals surface area (Å²) in [6, 6.07) is 0. The van der Waals surface area contributed by atoms with Gasteiger partial charge in [0.2, 0.25) is 0 Å². The van der Waals surface area contributed by atoms with Gasteiger partial charge in [-0.05, 0) is 39.2 Å². The molecule has 1 unspecified atom stereocenters. The number of hydrogen-bond donors (Lipinski definition) is 1. The molecule has 0 spiro atoms. The van der Waals surface area contributed by atoms with Crippen molar-refractivity contribution in [2.24, 2.45) is 11.8 Å². The van der Waals surface area contributed by atoms with E-state index < -0.39 is 14.6 Å². The molecule has 0 aromatic heterocycles. The van der Waals surface area contributed by atoms with Gasteiger partial charge in [0.05, 0.1) is 10.5 Å². The molecule has 0 aromatic carbocycles. The Labute approximate surface area is 101 Å². The molecule has 1 atom stereocenters. The van der Waals surface area contributed by atoms with Crippen LogP contribution in [-0.4, -0.2) is 32.0 Å². The Kier molecular flexibility index (Phi) is 5.98. The van der Waals surface area contributed by atoms with Crippen LogP contribution in [0, 0.1) is 11.8 Å². The number of nitrogens with one attached hydrogen (secondary N) is 1. The first kappa shape index (κ1) is 15.9. The van der Waals surface area contributed by atoms with Gasteiger partial charge in [0.15, 0.2) is 9.84 Å². The minimum atomic E-state index is -2.98. The maximum absolute atomic E-state index is 11.8. The normalized spacial score (nSPS) is 15.4. The maximum Gasteiger partial charge on any atom is 0.156 e. The van der Waals surface area contributed by atoms with E-state index in [2.05, 4.69) is 26.1 Å². The average molecular weight is 249 g/mol. The standard InChI is InChI=1S/C12H27NO2S/c1-10(2)11(3)9-13-7-8-16(14,15)12(4,5)6/h10-11,13H,7-9H2,1-6H3. The number of rotatable bonds is 6. The van der Waals surface area contributed by atoms with Gasteiger partial charge in [0.25, 0.3) is 0 Å². The highest BCUT2D eigenvalue weighted by atomic mass is 32.2. The Morgan fingerprint density at radius 2 is 1.62 bits per heavy atom. The molecule has 0 rings (SSSR count). The molecule has 0 fully saturated rings. The second kappa shape index (κ2) is 6.01. The summed E-state index contributed by atoms with van der Waals surface area (Å²) in [5.74, 6) is 1.44. The molecule has 0 saturated heterocycles. The van der Waals surface area contributed by atoms with Gasteiger partial charge in [-0.15, -0.1) is 0 Å². The van der Waals surface area contributed by atoms with E-state index in [1.54, 1.807) is 20.8 Å². The molecule has 0 bridgehead atoms. The summed E-state index contributed by atoms with van der Waals surface area (Å²) in [5.41, 5.74) is 0. The van der Waals surface area contributed by atoms with E-state index in [1.165, 1.54) is 0 Å². The Hall–Kier alpha value is -0.0900. The zero-order valence-corrected chi connectivity index (χ0v) is 12.3. The van der Waals surface area contributed by atoms with E-state index in [9.17, 15) is 8.42 Å². The lowest BCUT2D eigenvalue weighted by atomic mass is 9.98. The zero-order valence-electron chi connectivity index (χ0n) is 11.5. The first-order valence-electron chi connectivity index (χ1n) is 6.01. The van der Waals surface area contributed by atoms with Gasteiger partial charge < -0.3 is 5.32 Å². The van der Waals surface area contributed by atoms with Crippen LogP contribution in [0.1, 0.15) is 41.5 Å². The summed E-state index contributed by atoms with van der Waals surface area (Å²) in [5, 5.41) is 3.22. The highest BCUT2D eigenvalue weighted by molar-refractivity contribution is 7.92. The minimum absolute atomic E-state index is 0.224. The molecule has 1 N–H and O–H groups in total. The quantitative estimate of drug-likeness (QED) is 0.733. The van der Waals surface area contributed by atoms with Gasteiger partial charge in [-0.2, -0.15) is 0 Å². The van der Waals surface area contributed by atoms with Crippen molar-refractivity contribution >= 4 is 9.84 Å². The second-order valence-electron chi connectivity index (χ2n) is 5.86. The van der Waals surface area contributed by atoms with Crippen LogP contribution < -0.4 is 5.32 Å². The third-order valence-electron chi connectivity index (χ3n) is 3.08. The molecule has 0 saturated carbocycles. The van der Waals surface area contributed by atoms with Crippen LogP contribution >= 0.6 is 0 Å². The van der Waals surface area contributed by atoms with Crippen LogP contribution in [0.25, 0.3) is 0 Å². The Morgan fingerprint density at radius 1 is 1.12 bits per heavy atom. The fourth-order valence-corrected chi connectivity index (χ4v) is 2.10. The Balaban J connectivity index is 3.93.